The summed E-state index contributed by atoms with van der Waals surface area (Å²) in [6.07, 6.45) is 3.72. The molecular formula is C28H34ClN5O3S. The average molecular weight is 556 g/mol. The van der Waals surface area contributed by atoms with Crippen molar-refractivity contribution in [1.29, 1.82) is 0 Å². The highest BCUT2D eigenvalue weighted by Crippen LogP contribution is 2.44. The molecule has 2 amide bonds. The van der Waals surface area contributed by atoms with Crippen LogP contribution in [0.3, 0.4) is 0 Å². The lowest BCUT2D eigenvalue weighted by atomic mass is 9.86. The van der Waals surface area contributed by atoms with Gasteiger partial charge in [0.1, 0.15) is 0 Å². The molecule has 38 heavy (non-hydrogen) atoms. The highest BCUT2D eigenvalue weighted by molar-refractivity contribution is 7.91. The van der Waals surface area contributed by atoms with Gasteiger partial charge in [0.05, 0.1) is 28.6 Å². The van der Waals surface area contributed by atoms with Crippen molar-refractivity contribution >= 4 is 27.5 Å². The van der Waals surface area contributed by atoms with Gasteiger partial charge in [-0.25, -0.2) is 13.2 Å². The van der Waals surface area contributed by atoms with Gasteiger partial charge in [0.25, 0.3) is 0 Å². The van der Waals surface area contributed by atoms with Crippen molar-refractivity contribution in [3.05, 3.63) is 76.3 Å². The summed E-state index contributed by atoms with van der Waals surface area (Å²) in [5.74, 6) is 0.730. The fraction of sp³-hybridized carbons (Fsp3) is 0.464. The molecule has 1 saturated heterocycles. The fourth-order valence-corrected chi connectivity index (χ4v) is 6.21. The summed E-state index contributed by atoms with van der Waals surface area (Å²) in [7, 11) is -3.31. The quantitative estimate of drug-likeness (QED) is 0.408. The molecule has 5 rings (SSSR count). The highest BCUT2D eigenvalue weighted by atomic mass is 35.5. The van der Waals surface area contributed by atoms with Gasteiger partial charge in [-0.15, -0.1) is 0 Å². The molecule has 1 aromatic carbocycles. The molecule has 2 aromatic heterocycles. The Hall–Kier alpha value is -2.91. The van der Waals surface area contributed by atoms with E-state index in [0.29, 0.717) is 29.7 Å². The van der Waals surface area contributed by atoms with E-state index in [1.807, 2.05) is 23.1 Å². The second kappa shape index (κ2) is 10.7. The molecule has 2 unspecified atom stereocenters. The molecule has 0 radical (unpaired) electrons. The van der Waals surface area contributed by atoms with E-state index in [0.717, 1.165) is 17.0 Å². The zero-order valence-corrected chi connectivity index (χ0v) is 23.5. The minimum atomic E-state index is -3.31. The third-order valence-electron chi connectivity index (χ3n) is 7.49. The number of benzene rings is 1. The van der Waals surface area contributed by atoms with Crippen molar-refractivity contribution in [2.24, 2.45) is 0 Å². The van der Waals surface area contributed by atoms with Crippen LogP contribution in [0.15, 0.2) is 53.6 Å². The van der Waals surface area contributed by atoms with E-state index < -0.39 is 9.84 Å². The molecule has 10 heteroatoms. The monoisotopic (exact) mass is 555 g/mol. The van der Waals surface area contributed by atoms with Crippen LogP contribution in [0.4, 0.5) is 4.79 Å². The van der Waals surface area contributed by atoms with Gasteiger partial charge in [-0.3, -0.25) is 9.67 Å². The Kier molecular flexibility index (Phi) is 7.51. The number of hydrogen-bond donors (Lipinski definition) is 1. The number of aromatic nitrogens is 3. The first-order chi connectivity index (χ1) is 18.2. The molecule has 1 aliphatic heterocycles. The summed E-state index contributed by atoms with van der Waals surface area (Å²) in [6.45, 7) is 7.22. The van der Waals surface area contributed by atoms with E-state index in [2.05, 4.69) is 41.0 Å². The number of rotatable bonds is 8. The van der Waals surface area contributed by atoms with Crippen LogP contribution in [0.2, 0.25) is 5.02 Å². The summed E-state index contributed by atoms with van der Waals surface area (Å²) in [5.41, 5.74) is 4.02. The zero-order valence-electron chi connectivity index (χ0n) is 22.0. The molecule has 1 saturated carbocycles. The van der Waals surface area contributed by atoms with Crippen LogP contribution in [0.25, 0.3) is 0 Å². The molecule has 0 spiro atoms. The molecule has 3 heterocycles. The van der Waals surface area contributed by atoms with Gasteiger partial charge in [-0.05, 0) is 62.6 Å². The van der Waals surface area contributed by atoms with E-state index in [1.165, 1.54) is 19.0 Å². The minimum Gasteiger partial charge on any atom is -0.332 e. The van der Waals surface area contributed by atoms with Gasteiger partial charge >= 0.3 is 6.03 Å². The number of carbonyl (C=O) groups excluding carboxylic acids is 1. The van der Waals surface area contributed by atoms with Crippen molar-refractivity contribution in [2.45, 2.75) is 68.8 Å². The molecule has 3 aromatic rings. The topological polar surface area (TPSA) is 97.2 Å². The Morgan fingerprint density at radius 2 is 1.89 bits per heavy atom. The maximum atomic E-state index is 13.3. The summed E-state index contributed by atoms with van der Waals surface area (Å²) in [5, 5.41) is 8.60. The summed E-state index contributed by atoms with van der Waals surface area (Å²) < 4.78 is 26.2. The van der Waals surface area contributed by atoms with Crippen LogP contribution in [0.5, 0.6) is 0 Å². The van der Waals surface area contributed by atoms with E-state index in [9.17, 15) is 13.2 Å². The van der Waals surface area contributed by atoms with E-state index >= 15 is 0 Å². The molecule has 2 aliphatic rings. The van der Waals surface area contributed by atoms with Crippen LogP contribution in [0.1, 0.15) is 80.1 Å². The predicted molar refractivity (Wildman–Crippen MR) is 147 cm³/mol. The highest BCUT2D eigenvalue weighted by Gasteiger charge is 2.40. The number of amides is 2. The van der Waals surface area contributed by atoms with Crippen LogP contribution in [0, 0.1) is 0 Å². The van der Waals surface area contributed by atoms with Gasteiger partial charge in [0, 0.05) is 53.8 Å². The molecule has 1 aliphatic carbocycles. The molecule has 2 atom stereocenters. The van der Waals surface area contributed by atoms with Crippen LogP contribution >= 0.6 is 11.6 Å². The standard InChI is InChI=1S/C28H34ClN5O3S/c1-4-38(36,37)23-11-10-22(30-15-23)14-31-28(35)33-16-24(20-6-5-7-21(29)12-20)25(17-33)27-13-26(19-8-9-19)32-34(27)18(2)3/h5-7,10-13,15,18-19,24-25H,4,8-9,14,16-17H2,1-3H3,(H,31,35). The van der Waals surface area contributed by atoms with Crippen LogP contribution in [-0.4, -0.2) is 53.0 Å². The van der Waals surface area contributed by atoms with E-state index in [1.54, 1.807) is 19.1 Å². The number of sulfone groups is 1. The Labute approximate surface area is 229 Å². The molecular weight excluding hydrogens is 522 g/mol. The molecule has 2 fully saturated rings. The van der Waals surface area contributed by atoms with Crippen molar-refractivity contribution in [3.63, 3.8) is 0 Å². The second-order valence-electron chi connectivity index (χ2n) is 10.5. The minimum absolute atomic E-state index is 0.0204. The van der Waals surface area contributed by atoms with Gasteiger partial charge in [0.2, 0.25) is 0 Å². The first-order valence-corrected chi connectivity index (χ1v) is 15.2. The van der Waals surface area contributed by atoms with Crippen LogP contribution < -0.4 is 5.32 Å². The van der Waals surface area contributed by atoms with Crippen molar-refractivity contribution < 1.29 is 13.2 Å². The number of hydrogen-bond acceptors (Lipinski definition) is 5. The third-order valence-corrected chi connectivity index (χ3v) is 9.44. The lowest BCUT2D eigenvalue weighted by Crippen LogP contribution is -2.38. The number of carbonyl (C=O) groups is 1. The number of nitrogens with zero attached hydrogens (tertiary/aromatic N) is 4. The van der Waals surface area contributed by atoms with Gasteiger partial charge in [-0.2, -0.15) is 5.10 Å². The molecule has 1 N–H and O–H groups in total. The fourth-order valence-electron chi connectivity index (χ4n) is 5.19. The van der Waals surface area contributed by atoms with Crippen molar-refractivity contribution in [2.75, 3.05) is 18.8 Å². The van der Waals surface area contributed by atoms with Gasteiger partial charge in [0.15, 0.2) is 9.84 Å². The Bertz CT molecular complexity index is 1420. The smallest absolute Gasteiger partial charge is 0.317 e. The summed E-state index contributed by atoms with van der Waals surface area (Å²) in [6, 6.07) is 13.4. The number of pyridine rings is 1. The van der Waals surface area contributed by atoms with Crippen molar-refractivity contribution in [3.8, 4) is 0 Å². The van der Waals surface area contributed by atoms with Crippen LogP contribution in [-0.2, 0) is 16.4 Å². The van der Waals surface area contributed by atoms with Gasteiger partial charge < -0.3 is 10.2 Å². The molecule has 8 nitrogen and oxygen atoms in total. The maximum absolute atomic E-state index is 13.3. The first-order valence-electron chi connectivity index (χ1n) is 13.2. The third kappa shape index (κ3) is 5.59. The Balaban J connectivity index is 1.36. The SMILES string of the molecule is CCS(=O)(=O)c1ccc(CNC(=O)N2CC(c3cccc(Cl)c3)C(c3cc(C4CC4)nn3C(C)C)C2)nc1. The first kappa shape index (κ1) is 26.7. The van der Waals surface area contributed by atoms with E-state index in [4.69, 9.17) is 16.7 Å². The largest absolute Gasteiger partial charge is 0.332 e. The number of urea groups is 1. The Morgan fingerprint density at radius 3 is 2.53 bits per heavy atom. The lowest BCUT2D eigenvalue weighted by Gasteiger charge is -2.21. The van der Waals surface area contributed by atoms with E-state index in [-0.39, 0.29) is 41.1 Å². The maximum Gasteiger partial charge on any atom is 0.317 e. The predicted octanol–water partition coefficient (Wildman–Crippen LogP) is 5.28. The van der Waals surface area contributed by atoms with Gasteiger partial charge in [-0.1, -0.05) is 30.7 Å². The number of likely N-dealkylation sites (tertiary alicyclic amines) is 1. The number of nitrogens with one attached hydrogen (secondary N) is 1. The summed E-state index contributed by atoms with van der Waals surface area (Å²) in [4.78, 5) is 19.6. The number of halogens is 1. The molecule has 0 bridgehead atoms. The molecule has 202 valence electrons. The lowest BCUT2D eigenvalue weighted by molar-refractivity contribution is 0.207. The average Bonchev–Trinajstić information content (AvgIpc) is 3.49. The zero-order chi connectivity index (χ0) is 27.0. The normalized spacial score (nSPS) is 19.8. The summed E-state index contributed by atoms with van der Waals surface area (Å²) >= 11 is 6.36. The van der Waals surface area contributed by atoms with Crippen molar-refractivity contribution in [1.82, 2.24) is 25.0 Å². The second-order valence-corrected chi connectivity index (χ2v) is 13.2. The Morgan fingerprint density at radius 1 is 1.13 bits per heavy atom.